The molecule has 0 aliphatic carbocycles. The molecule has 0 saturated carbocycles. The molecule has 3 nitrogen and oxygen atoms in total. The molecule has 24 heavy (non-hydrogen) atoms. The minimum Gasteiger partial charge on any atom is -0.508 e. The normalized spacial score (nSPS) is 10.0. The Morgan fingerprint density at radius 3 is 1.92 bits per heavy atom. The zero-order chi connectivity index (χ0) is 16.8. The number of benzene rings is 3. The minimum absolute atomic E-state index is 0.0121. The fraction of sp³-hybridized carbons (Fsp3) is 0. The van der Waals surface area contributed by atoms with Crippen molar-refractivity contribution in [1.82, 2.24) is 0 Å². The Bertz CT molecular complexity index is 974. The molecule has 0 saturated heterocycles. The Labute approximate surface area is 139 Å². The van der Waals surface area contributed by atoms with Crippen molar-refractivity contribution in [2.24, 2.45) is 0 Å². The van der Waals surface area contributed by atoms with E-state index in [1.807, 2.05) is 48.5 Å². The third-order valence-corrected chi connectivity index (χ3v) is 3.52. The Morgan fingerprint density at radius 1 is 0.708 bits per heavy atom. The Morgan fingerprint density at radius 2 is 1.29 bits per heavy atom. The lowest BCUT2D eigenvalue weighted by molar-refractivity contribution is 0.475. The van der Waals surface area contributed by atoms with Gasteiger partial charge < -0.3 is 9.52 Å². The summed E-state index contributed by atoms with van der Waals surface area (Å²) in [6.07, 6.45) is 1.53. The number of aromatic hydroxyl groups is 1. The second kappa shape index (κ2) is 7.29. The highest BCUT2D eigenvalue weighted by atomic mass is 16.3. The van der Waals surface area contributed by atoms with E-state index in [4.69, 9.17) is 9.52 Å². The number of hydrogen-bond acceptors (Lipinski definition) is 3. The predicted molar refractivity (Wildman–Crippen MR) is 96.0 cm³/mol. The average molecular weight is 316 g/mol. The molecule has 0 atom stereocenters. The van der Waals surface area contributed by atoms with E-state index in [2.05, 4.69) is 0 Å². The number of fused-ring (bicyclic) bond motifs is 1. The first-order valence-electron chi connectivity index (χ1n) is 7.55. The molecule has 4 aromatic rings. The standard InChI is InChI=1S/C15H10O2.C6H6O/c16-15-12-8-4-5-9-14(12)17-10-13(15)11-6-2-1-3-7-11;7-6-4-2-1-3-5-6/h1-10H;1-5,7H. The van der Waals surface area contributed by atoms with Crippen molar-refractivity contribution < 1.29 is 9.52 Å². The van der Waals surface area contributed by atoms with Gasteiger partial charge >= 0.3 is 0 Å². The van der Waals surface area contributed by atoms with Crippen LogP contribution in [0.5, 0.6) is 5.75 Å². The van der Waals surface area contributed by atoms with Crippen LogP contribution < -0.4 is 5.43 Å². The molecule has 0 radical (unpaired) electrons. The molecule has 0 amide bonds. The third kappa shape index (κ3) is 3.52. The Balaban J connectivity index is 0.000000203. The molecular formula is C21H16O3. The van der Waals surface area contributed by atoms with Crippen molar-refractivity contribution in [2.45, 2.75) is 0 Å². The Kier molecular flexibility index (Phi) is 4.73. The number of phenolic OH excluding ortho intramolecular Hbond substituents is 1. The van der Waals surface area contributed by atoms with Gasteiger partial charge in [-0.1, -0.05) is 60.7 Å². The number of para-hydroxylation sites is 2. The molecule has 0 fully saturated rings. The number of phenols is 1. The maximum Gasteiger partial charge on any atom is 0.200 e. The van der Waals surface area contributed by atoms with Crippen LogP contribution in [-0.2, 0) is 0 Å². The first kappa shape index (κ1) is 15.6. The zero-order valence-corrected chi connectivity index (χ0v) is 12.9. The van der Waals surface area contributed by atoms with Crippen LogP contribution in [0.3, 0.4) is 0 Å². The van der Waals surface area contributed by atoms with Crippen molar-refractivity contribution in [3.63, 3.8) is 0 Å². The molecule has 0 aliphatic rings. The van der Waals surface area contributed by atoms with Crippen LogP contribution in [0.15, 0.2) is 100 Å². The summed E-state index contributed by atoms with van der Waals surface area (Å²) in [4.78, 5) is 12.3. The topological polar surface area (TPSA) is 50.4 Å². The maximum absolute atomic E-state index is 12.3. The fourth-order valence-electron chi connectivity index (χ4n) is 2.32. The van der Waals surface area contributed by atoms with Crippen LogP contribution in [0.2, 0.25) is 0 Å². The van der Waals surface area contributed by atoms with Crippen molar-refractivity contribution >= 4 is 11.0 Å². The van der Waals surface area contributed by atoms with Gasteiger partial charge in [0, 0.05) is 0 Å². The molecule has 1 heterocycles. The van der Waals surface area contributed by atoms with Gasteiger partial charge in [0.25, 0.3) is 0 Å². The number of hydrogen-bond donors (Lipinski definition) is 1. The van der Waals surface area contributed by atoms with E-state index >= 15 is 0 Å². The predicted octanol–water partition coefficient (Wildman–Crippen LogP) is 4.85. The largest absolute Gasteiger partial charge is 0.508 e. The van der Waals surface area contributed by atoms with E-state index in [1.54, 1.807) is 36.4 Å². The molecular weight excluding hydrogens is 300 g/mol. The van der Waals surface area contributed by atoms with E-state index in [0.717, 1.165) is 5.56 Å². The second-order valence-corrected chi connectivity index (χ2v) is 5.18. The van der Waals surface area contributed by atoms with Crippen LogP contribution in [0.1, 0.15) is 0 Å². The number of rotatable bonds is 1. The van der Waals surface area contributed by atoms with Gasteiger partial charge in [0.05, 0.1) is 10.9 Å². The van der Waals surface area contributed by atoms with Gasteiger partial charge in [-0.25, -0.2) is 0 Å². The second-order valence-electron chi connectivity index (χ2n) is 5.18. The summed E-state index contributed by atoms with van der Waals surface area (Å²) in [7, 11) is 0. The highest BCUT2D eigenvalue weighted by molar-refractivity contribution is 5.81. The van der Waals surface area contributed by atoms with Crippen molar-refractivity contribution in [1.29, 1.82) is 0 Å². The summed E-state index contributed by atoms with van der Waals surface area (Å²) in [6, 6.07) is 25.5. The van der Waals surface area contributed by atoms with Gasteiger partial charge in [-0.3, -0.25) is 4.79 Å². The van der Waals surface area contributed by atoms with Crippen LogP contribution in [-0.4, -0.2) is 5.11 Å². The highest BCUT2D eigenvalue weighted by Crippen LogP contribution is 2.18. The quantitative estimate of drug-likeness (QED) is 0.546. The van der Waals surface area contributed by atoms with Crippen LogP contribution >= 0.6 is 0 Å². The summed E-state index contributed by atoms with van der Waals surface area (Å²) in [5, 5.41) is 9.25. The smallest absolute Gasteiger partial charge is 0.200 e. The first-order valence-corrected chi connectivity index (χ1v) is 7.55. The molecule has 4 rings (SSSR count). The van der Waals surface area contributed by atoms with Crippen LogP contribution in [0, 0.1) is 0 Å². The lowest BCUT2D eigenvalue weighted by Crippen LogP contribution is -2.04. The molecule has 118 valence electrons. The molecule has 1 aromatic heterocycles. The van der Waals surface area contributed by atoms with Gasteiger partial charge in [0.2, 0.25) is 0 Å². The SMILES string of the molecule is O=c1c(-c2ccccc2)coc2ccccc12.Oc1ccccc1. The maximum atomic E-state index is 12.3. The van der Waals surface area contributed by atoms with E-state index in [0.29, 0.717) is 22.3 Å². The summed E-state index contributed by atoms with van der Waals surface area (Å²) in [5.41, 5.74) is 2.12. The zero-order valence-electron chi connectivity index (χ0n) is 12.9. The van der Waals surface area contributed by atoms with Crippen LogP contribution in [0.25, 0.3) is 22.1 Å². The van der Waals surface area contributed by atoms with E-state index in [9.17, 15) is 4.79 Å². The molecule has 0 spiro atoms. The molecule has 0 bridgehead atoms. The van der Waals surface area contributed by atoms with Crippen molar-refractivity contribution in [3.05, 3.63) is 101 Å². The van der Waals surface area contributed by atoms with Gasteiger partial charge in [0.1, 0.15) is 17.6 Å². The molecule has 1 N–H and O–H groups in total. The summed E-state index contributed by atoms with van der Waals surface area (Å²) in [5.74, 6) is 0.322. The summed E-state index contributed by atoms with van der Waals surface area (Å²) < 4.78 is 5.48. The highest BCUT2D eigenvalue weighted by Gasteiger charge is 2.07. The molecule has 3 aromatic carbocycles. The van der Waals surface area contributed by atoms with Crippen molar-refractivity contribution in [2.75, 3.05) is 0 Å². The lowest BCUT2D eigenvalue weighted by Gasteiger charge is -2.01. The van der Waals surface area contributed by atoms with Gasteiger partial charge in [0.15, 0.2) is 5.43 Å². The summed E-state index contributed by atoms with van der Waals surface area (Å²) >= 11 is 0. The molecule has 0 aliphatic heterocycles. The van der Waals surface area contributed by atoms with Gasteiger partial charge in [-0.15, -0.1) is 0 Å². The van der Waals surface area contributed by atoms with E-state index in [1.165, 1.54) is 6.26 Å². The van der Waals surface area contributed by atoms with Crippen molar-refractivity contribution in [3.8, 4) is 16.9 Å². The van der Waals surface area contributed by atoms with Gasteiger partial charge in [-0.2, -0.15) is 0 Å². The van der Waals surface area contributed by atoms with E-state index in [-0.39, 0.29) is 5.43 Å². The van der Waals surface area contributed by atoms with E-state index < -0.39 is 0 Å². The average Bonchev–Trinajstić information content (AvgIpc) is 2.64. The minimum atomic E-state index is 0.0121. The molecule has 0 unspecified atom stereocenters. The third-order valence-electron chi connectivity index (χ3n) is 3.52. The van der Waals surface area contributed by atoms with Crippen LogP contribution in [0.4, 0.5) is 0 Å². The van der Waals surface area contributed by atoms with Gasteiger partial charge in [-0.05, 0) is 29.8 Å². The Hall–Kier alpha value is -3.33. The molecule has 3 heteroatoms. The fourth-order valence-corrected chi connectivity index (χ4v) is 2.32. The summed E-state index contributed by atoms with van der Waals surface area (Å²) in [6.45, 7) is 0. The lowest BCUT2D eigenvalue weighted by atomic mass is 10.1. The monoisotopic (exact) mass is 316 g/mol. The first-order chi connectivity index (χ1) is 11.8.